The van der Waals surface area contributed by atoms with Crippen LogP contribution >= 0.6 is 0 Å². The summed E-state index contributed by atoms with van der Waals surface area (Å²) in [6.07, 6.45) is 11.6. The van der Waals surface area contributed by atoms with E-state index in [-0.39, 0.29) is 11.5 Å². The van der Waals surface area contributed by atoms with Gasteiger partial charge < -0.3 is 10.9 Å². The lowest BCUT2D eigenvalue weighted by Crippen LogP contribution is -2.50. The minimum Gasteiger partial charge on any atom is -0.393 e. The molecule has 3 nitrogen and oxygen atoms in total. The normalized spacial score (nSPS) is 52.7. The molecule has 0 bridgehead atoms. The van der Waals surface area contributed by atoms with Crippen molar-refractivity contribution in [2.75, 3.05) is 0 Å². The van der Waals surface area contributed by atoms with Crippen LogP contribution in [0.25, 0.3) is 0 Å². The number of hydrazone groups is 1. The zero-order valence-electron chi connectivity index (χ0n) is 14.0. The molecule has 6 atom stereocenters. The van der Waals surface area contributed by atoms with Gasteiger partial charge in [0.1, 0.15) is 0 Å². The SMILES string of the molecule is C[C@]12CCC(O)CC1=CC[C@@H]1[C@H]2CC[C@]2(C)C(=NN)CC[C@@H]12. The minimum absolute atomic E-state index is 0.104. The number of hydrogen-bond donors (Lipinski definition) is 2. The summed E-state index contributed by atoms with van der Waals surface area (Å²) < 4.78 is 0. The van der Waals surface area contributed by atoms with Crippen LogP contribution in [-0.4, -0.2) is 16.9 Å². The molecule has 22 heavy (non-hydrogen) atoms. The Kier molecular flexibility index (Phi) is 3.24. The van der Waals surface area contributed by atoms with Crippen molar-refractivity contribution in [2.24, 2.45) is 39.5 Å². The van der Waals surface area contributed by atoms with Gasteiger partial charge in [0.2, 0.25) is 0 Å². The molecular weight excluding hydrogens is 272 g/mol. The van der Waals surface area contributed by atoms with Gasteiger partial charge in [-0.15, -0.1) is 0 Å². The molecule has 4 aliphatic carbocycles. The maximum Gasteiger partial charge on any atom is 0.0577 e. The molecule has 3 N–H and O–H groups in total. The topological polar surface area (TPSA) is 58.6 Å². The van der Waals surface area contributed by atoms with Gasteiger partial charge in [-0.3, -0.25) is 0 Å². The van der Waals surface area contributed by atoms with E-state index in [9.17, 15) is 5.11 Å². The molecule has 0 aliphatic heterocycles. The molecule has 0 aromatic rings. The maximum atomic E-state index is 10.0. The Morgan fingerprint density at radius 3 is 2.64 bits per heavy atom. The van der Waals surface area contributed by atoms with Gasteiger partial charge in [0.25, 0.3) is 0 Å². The van der Waals surface area contributed by atoms with Crippen molar-refractivity contribution in [3.63, 3.8) is 0 Å². The van der Waals surface area contributed by atoms with Crippen LogP contribution in [0.2, 0.25) is 0 Å². The van der Waals surface area contributed by atoms with E-state index >= 15 is 0 Å². The molecule has 1 unspecified atom stereocenters. The van der Waals surface area contributed by atoms with E-state index < -0.39 is 0 Å². The Labute approximate surface area is 134 Å². The number of aliphatic hydroxyl groups excluding tert-OH is 1. The standard InChI is InChI=1S/C19H30N2O/c1-18-9-7-13(22)11-12(18)3-4-14-15-5-6-17(21-20)19(15,2)10-8-16(14)18/h3,13-16,22H,4-11,20H2,1-2H3/t13?,14-,15-,16+,18-,19-/m0/s1. The van der Waals surface area contributed by atoms with E-state index in [4.69, 9.17) is 5.84 Å². The molecule has 4 rings (SSSR count). The summed E-state index contributed by atoms with van der Waals surface area (Å²) in [5.74, 6) is 8.04. The van der Waals surface area contributed by atoms with Crippen LogP contribution in [0.4, 0.5) is 0 Å². The molecular formula is C19H30N2O. The van der Waals surface area contributed by atoms with Crippen molar-refractivity contribution < 1.29 is 5.11 Å². The summed E-state index contributed by atoms with van der Waals surface area (Å²) in [4.78, 5) is 0. The third-order valence-electron chi connectivity index (χ3n) is 7.97. The van der Waals surface area contributed by atoms with Gasteiger partial charge in [-0.2, -0.15) is 5.10 Å². The van der Waals surface area contributed by atoms with Crippen molar-refractivity contribution in [2.45, 2.75) is 71.3 Å². The summed E-state index contributed by atoms with van der Waals surface area (Å²) in [6, 6.07) is 0. The van der Waals surface area contributed by atoms with Crippen LogP contribution < -0.4 is 5.84 Å². The highest BCUT2D eigenvalue weighted by atomic mass is 16.3. The van der Waals surface area contributed by atoms with Gasteiger partial charge in [-0.1, -0.05) is 25.5 Å². The minimum atomic E-state index is -0.104. The lowest BCUT2D eigenvalue weighted by atomic mass is 9.48. The van der Waals surface area contributed by atoms with Gasteiger partial charge in [-0.25, -0.2) is 0 Å². The van der Waals surface area contributed by atoms with Gasteiger partial charge in [0.15, 0.2) is 0 Å². The number of nitrogens with two attached hydrogens (primary N) is 1. The first kappa shape index (κ1) is 14.7. The van der Waals surface area contributed by atoms with E-state index in [1.165, 1.54) is 37.8 Å². The van der Waals surface area contributed by atoms with Gasteiger partial charge in [-0.05, 0) is 74.5 Å². The predicted octanol–water partition coefficient (Wildman–Crippen LogP) is 3.62. The third-order valence-corrected chi connectivity index (χ3v) is 7.97. The molecule has 122 valence electrons. The molecule has 0 heterocycles. The molecule has 3 fully saturated rings. The number of aliphatic hydroxyl groups is 1. The first-order chi connectivity index (χ1) is 10.5. The molecule has 3 heteroatoms. The van der Waals surface area contributed by atoms with E-state index in [1.54, 1.807) is 5.57 Å². The lowest BCUT2D eigenvalue weighted by Gasteiger charge is -2.57. The fraction of sp³-hybridized carbons (Fsp3) is 0.842. The number of hydrogen-bond acceptors (Lipinski definition) is 3. The van der Waals surface area contributed by atoms with Crippen LogP contribution in [0, 0.1) is 28.6 Å². The number of allylic oxidation sites excluding steroid dienone is 1. The summed E-state index contributed by atoms with van der Waals surface area (Å²) in [7, 11) is 0. The number of nitrogens with zero attached hydrogens (tertiary/aromatic N) is 1. The van der Waals surface area contributed by atoms with E-state index in [1.807, 2.05) is 0 Å². The second-order valence-corrected chi connectivity index (χ2v) is 8.73. The van der Waals surface area contributed by atoms with Crippen molar-refractivity contribution in [1.82, 2.24) is 0 Å². The second kappa shape index (κ2) is 4.83. The molecule has 0 aromatic heterocycles. The Balaban J connectivity index is 1.69. The zero-order chi connectivity index (χ0) is 15.5. The highest BCUT2D eigenvalue weighted by Gasteiger charge is 2.57. The van der Waals surface area contributed by atoms with Crippen molar-refractivity contribution in [3.8, 4) is 0 Å². The largest absolute Gasteiger partial charge is 0.393 e. The summed E-state index contributed by atoms with van der Waals surface area (Å²) in [5, 5.41) is 14.2. The second-order valence-electron chi connectivity index (χ2n) is 8.73. The van der Waals surface area contributed by atoms with Crippen molar-refractivity contribution >= 4 is 5.71 Å². The molecule has 3 saturated carbocycles. The molecule has 0 saturated heterocycles. The fourth-order valence-corrected chi connectivity index (χ4v) is 6.64. The number of rotatable bonds is 0. The highest BCUT2D eigenvalue weighted by molar-refractivity contribution is 5.92. The third kappa shape index (κ3) is 1.81. The maximum absolute atomic E-state index is 10.0. The Bertz CT molecular complexity index is 540. The summed E-state index contributed by atoms with van der Waals surface area (Å²) in [6.45, 7) is 4.90. The predicted molar refractivity (Wildman–Crippen MR) is 89.3 cm³/mol. The molecule has 0 spiro atoms. The van der Waals surface area contributed by atoms with Crippen molar-refractivity contribution in [1.29, 1.82) is 0 Å². The quantitative estimate of drug-likeness (QED) is 0.408. The Morgan fingerprint density at radius 1 is 1.14 bits per heavy atom. The first-order valence-electron chi connectivity index (χ1n) is 9.14. The molecule has 0 aromatic carbocycles. The lowest BCUT2D eigenvalue weighted by molar-refractivity contribution is -0.0209. The molecule has 4 aliphatic rings. The van der Waals surface area contributed by atoms with E-state index in [0.29, 0.717) is 5.41 Å². The highest BCUT2D eigenvalue weighted by Crippen LogP contribution is 2.64. The van der Waals surface area contributed by atoms with E-state index in [0.717, 1.165) is 37.0 Å². The van der Waals surface area contributed by atoms with Crippen LogP contribution in [0.1, 0.15) is 65.2 Å². The van der Waals surface area contributed by atoms with Gasteiger partial charge in [0.05, 0.1) is 6.10 Å². The zero-order valence-corrected chi connectivity index (χ0v) is 14.0. The average molecular weight is 302 g/mol. The fourth-order valence-electron chi connectivity index (χ4n) is 6.64. The first-order valence-corrected chi connectivity index (χ1v) is 9.14. The monoisotopic (exact) mass is 302 g/mol. The van der Waals surface area contributed by atoms with Crippen LogP contribution in [0.3, 0.4) is 0 Å². The average Bonchev–Trinajstić information content (AvgIpc) is 2.84. The van der Waals surface area contributed by atoms with Crippen LogP contribution in [0.15, 0.2) is 16.8 Å². The van der Waals surface area contributed by atoms with Crippen LogP contribution in [0.5, 0.6) is 0 Å². The Morgan fingerprint density at radius 2 is 1.86 bits per heavy atom. The summed E-state index contributed by atoms with van der Waals surface area (Å²) in [5.41, 5.74) is 3.43. The van der Waals surface area contributed by atoms with Crippen LogP contribution in [-0.2, 0) is 0 Å². The van der Waals surface area contributed by atoms with Gasteiger partial charge >= 0.3 is 0 Å². The molecule has 0 radical (unpaired) electrons. The smallest absolute Gasteiger partial charge is 0.0577 e. The van der Waals surface area contributed by atoms with Crippen molar-refractivity contribution in [3.05, 3.63) is 11.6 Å². The Hall–Kier alpha value is -0.830. The van der Waals surface area contributed by atoms with E-state index in [2.05, 4.69) is 25.0 Å². The number of fused-ring (bicyclic) bond motifs is 5. The van der Waals surface area contributed by atoms with Gasteiger partial charge in [0, 0.05) is 11.1 Å². The molecule has 0 amide bonds. The summed E-state index contributed by atoms with van der Waals surface area (Å²) >= 11 is 0.